The van der Waals surface area contributed by atoms with E-state index in [0.717, 1.165) is 22.0 Å². The van der Waals surface area contributed by atoms with Crippen LogP contribution >= 0.6 is 0 Å². The number of rotatable bonds is 7. The van der Waals surface area contributed by atoms with Crippen LogP contribution in [0.5, 0.6) is 0 Å². The highest BCUT2D eigenvalue weighted by Crippen LogP contribution is 2.17. The van der Waals surface area contributed by atoms with E-state index < -0.39 is 0 Å². The fourth-order valence-corrected chi connectivity index (χ4v) is 2.65. The van der Waals surface area contributed by atoms with Gasteiger partial charge in [0.15, 0.2) is 0 Å². The highest BCUT2D eigenvalue weighted by molar-refractivity contribution is 5.96. The molecule has 6 nitrogen and oxygen atoms in total. The van der Waals surface area contributed by atoms with Gasteiger partial charge in [0.1, 0.15) is 6.42 Å². The Labute approximate surface area is 145 Å². The number of carbonyl (C=O) groups excluding carboxylic acids is 2. The minimum absolute atomic E-state index is 0.172. The van der Waals surface area contributed by atoms with Crippen LogP contribution in [-0.2, 0) is 22.6 Å². The molecule has 1 aromatic carbocycles. The van der Waals surface area contributed by atoms with Crippen molar-refractivity contribution in [1.29, 1.82) is 0 Å². The lowest BCUT2D eigenvalue weighted by atomic mass is 10.1. The predicted octanol–water partition coefficient (Wildman–Crippen LogP) is 1.93. The first-order chi connectivity index (χ1) is 12.2. The van der Waals surface area contributed by atoms with Gasteiger partial charge in [-0.2, -0.15) is 0 Å². The Morgan fingerprint density at radius 3 is 2.72 bits per heavy atom. The summed E-state index contributed by atoms with van der Waals surface area (Å²) in [5.74, 6) is -0.572. The molecule has 0 aliphatic carbocycles. The number of carbonyl (C=O) groups is 2. The Balaban J connectivity index is 1.40. The summed E-state index contributed by atoms with van der Waals surface area (Å²) < 4.78 is 0. The van der Waals surface area contributed by atoms with Gasteiger partial charge in [-0.05, 0) is 29.7 Å². The zero-order valence-electron chi connectivity index (χ0n) is 13.8. The zero-order chi connectivity index (χ0) is 17.5. The zero-order valence-corrected chi connectivity index (χ0v) is 13.8. The summed E-state index contributed by atoms with van der Waals surface area (Å²) in [6.07, 6.45) is 5.85. The fraction of sp³-hybridized carbons (Fsp3) is 0.211. The number of fused-ring (bicyclic) bond motifs is 1. The van der Waals surface area contributed by atoms with Crippen molar-refractivity contribution < 1.29 is 9.59 Å². The summed E-state index contributed by atoms with van der Waals surface area (Å²) >= 11 is 0. The maximum absolute atomic E-state index is 11.9. The third kappa shape index (κ3) is 4.67. The third-order valence-electron chi connectivity index (χ3n) is 3.93. The van der Waals surface area contributed by atoms with Gasteiger partial charge in [-0.25, -0.2) is 0 Å². The number of para-hydroxylation sites is 1. The van der Waals surface area contributed by atoms with Crippen LogP contribution < -0.4 is 10.6 Å². The van der Waals surface area contributed by atoms with Gasteiger partial charge >= 0.3 is 0 Å². The van der Waals surface area contributed by atoms with Crippen LogP contribution in [0.15, 0.2) is 55.0 Å². The van der Waals surface area contributed by atoms with Gasteiger partial charge in [-0.15, -0.1) is 0 Å². The Hall–Kier alpha value is -3.15. The molecule has 0 aliphatic rings. The molecule has 128 valence electrons. The molecule has 0 saturated heterocycles. The van der Waals surface area contributed by atoms with E-state index in [2.05, 4.69) is 26.7 Å². The highest BCUT2D eigenvalue weighted by atomic mass is 16.2. The van der Waals surface area contributed by atoms with Crippen LogP contribution in [0.1, 0.15) is 17.5 Å². The molecule has 0 atom stereocenters. The van der Waals surface area contributed by atoms with Crippen LogP contribution in [0.25, 0.3) is 10.9 Å². The molecule has 6 heteroatoms. The molecule has 25 heavy (non-hydrogen) atoms. The summed E-state index contributed by atoms with van der Waals surface area (Å²) in [6.45, 7) is 0.867. The first-order valence-corrected chi connectivity index (χ1v) is 8.19. The maximum atomic E-state index is 11.9. The molecule has 0 aliphatic heterocycles. The molecule has 2 amide bonds. The average molecular weight is 336 g/mol. The van der Waals surface area contributed by atoms with Crippen LogP contribution in [0.3, 0.4) is 0 Å². The Morgan fingerprint density at radius 1 is 1.04 bits per heavy atom. The average Bonchev–Trinajstić information content (AvgIpc) is 3.04. The fourth-order valence-electron chi connectivity index (χ4n) is 2.65. The number of hydrogen-bond acceptors (Lipinski definition) is 3. The van der Waals surface area contributed by atoms with E-state index in [-0.39, 0.29) is 18.2 Å². The number of nitrogens with one attached hydrogen (secondary N) is 3. The molecule has 3 rings (SSSR count). The van der Waals surface area contributed by atoms with Crippen molar-refractivity contribution in [2.75, 3.05) is 6.54 Å². The second-order valence-electron chi connectivity index (χ2n) is 5.77. The van der Waals surface area contributed by atoms with Crippen LogP contribution in [-0.4, -0.2) is 28.3 Å². The quantitative estimate of drug-likeness (QED) is 0.576. The predicted molar refractivity (Wildman–Crippen MR) is 95.7 cm³/mol. The first-order valence-electron chi connectivity index (χ1n) is 8.19. The molecule has 3 N–H and O–H groups in total. The normalized spacial score (nSPS) is 10.6. The number of pyridine rings is 1. The molecule has 0 fully saturated rings. The lowest BCUT2D eigenvalue weighted by Crippen LogP contribution is -2.32. The summed E-state index contributed by atoms with van der Waals surface area (Å²) in [6, 6.07) is 11.7. The van der Waals surface area contributed by atoms with E-state index in [9.17, 15) is 9.59 Å². The maximum Gasteiger partial charge on any atom is 0.229 e. The molecule has 0 spiro atoms. The molecule has 0 unspecified atom stereocenters. The smallest absolute Gasteiger partial charge is 0.229 e. The van der Waals surface area contributed by atoms with E-state index in [4.69, 9.17) is 0 Å². The summed E-state index contributed by atoms with van der Waals surface area (Å²) in [7, 11) is 0. The lowest BCUT2D eigenvalue weighted by molar-refractivity contribution is -0.129. The SMILES string of the molecule is O=C(CC(=O)NCc1cccnc1)NCCc1c[nH]c2ccccc12. The number of hydrogen-bond donors (Lipinski definition) is 3. The van der Waals surface area contributed by atoms with E-state index in [0.29, 0.717) is 19.5 Å². The van der Waals surface area contributed by atoms with Gasteiger partial charge in [0.2, 0.25) is 11.8 Å². The van der Waals surface area contributed by atoms with Gasteiger partial charge in [0.25, 0.3) is 0 Å². The summed E-state index contributed by atoms with van der Waals surface area (Å²) in [5, 5.41) is 6.66. The van der Waals surface area contributed by atoms with E-state index in [1.807, 2.05) is 30.5 Å². The van der Waals surface area contributed by atoms with Gasteiger partial charge in [0, 0.05) is 42.6 Å². The molecule has 2 aromatic heterocycles. The Kier molecular flexibility index (Phi) is 5.41. The van der Waals surface area contributed by atoms with Crippen molar-refractivity contribution in [3.05, 3.63) is 66.1 Å². The molecule has 0 radical (unpaired) electrons. The largest absolute Gasteiger partial charge is 0.361 e. The molecule has 0 saturated carbocycles. The molecule has 2 heterocycles. The van der Waals surface area contributed by atoms with Gasteiger partial charge in [-0.3, -0.25) is 14.6 Å². The van der Waals surface area contributed by atoms with Crippen LogP contribution in [0.4, 0.5) is 0 Å². The number of aromatic amines is 1. The topological polar surface area (TPSA) is 86.9 Å². The van der Waals surface area contributed by atoms with Crippen LogP contribution in [0.2, 0.25) is 0 Å². The van der Waals surface area contributed by atoms with Gasteiger partial charge in [-0.1, -0.05) is 24.3 Å². The van der Waals surface area contributed by atoms with Crippen molar-refractivity contribution in [1.82, 2.24) is 20.6 Å². The molecular formula is C19H20N4O2. The standard InChI is InChI=1S/C19H20N4O2/c24-18(10-19(25)23-12-14-4-3-8-20-11-14)21-9-7-15-13-22-17-6-2-1-5-16(15)17/h1-6,8,11,13,22H,7,9-10,12H2,(H,21,24)(H,23,25). The highest BCUT2D eigenvalue weighted by Gasteiger charge is 2.09. The van der Waals surface area contributed by atoms with Crippen LogP contribution in [0, 0.1) is 0 Å². The lowest BCUT2D eigenvalue weighted by Gasteiger charge is -2.06. The first kappa shape index (κ1) is 16.7. The summed E-state index contributed by atoms with van der Waals surface area (Å²) in [5.41, 5.74) is 3.13. The number of benzene rings is 1. The summed E-state index contributed by atoms with van der Waals surface area (Å²) in [4.78, 5) is 30.8. The third-order valence-corrected chi connectivity index (χ3v) is 3.93. The molecular weight excluding hydrogens is 316 g/mol. The molecule has 3 aromatic rings. The van der Waals surface area contributed by atoms with Gasteiger partial charge in [0.05, 0.1) is 0 Å². The number of amides is 2. The van der Waals surface area contributed by atoms with E-state index in [1.165, 1.54) is 0 Å². The Morgan fingerprint density at radius 2 is 1.88 bits per heavy atom. The molecule has 0 bridgehead atoms. The van der Waals surface area contributed by atoms with Crippen molar-refractivity contribution in [3.63, 3.8) is 0 Å². The Bertz CT molecular complexity index is 858. The van der Waals surface area contributed by atoms with Gasteiger partial charge < -0.3 is 15.6 Å². The van der Waals surface area contributed by atoms with Crippen molar-refractivity contribution in [2.24, 2.45) is 0 Å². The number of H-pyrrole nitrogens is 1. The van der Waals surface area contributed by atoms with Crippen molar-refractivity contribution in [3.8, 4) is 0 Å². The van der Waals surface area contributed by atoms with E-state index >= 15 is 0 Å². The number of nitrogens with zero attached hydrogens (tertiary/aromatic N) is 1. The second-order valence-corrected chi connectivity index (χ2v) is 5.77. The minimum atomic E-state index is -0.298. The minimum Gasteiger partial charge on any atom is -0.361 e. The number of aromatic nitrogens is 2. The van der Waals surface area contributed by atoms with Crippen molar-refractivity contribution in [2.45, 2.75) is 19.4 Å². The monoisotopic (exact) mass is 336 g/mol. The van der Waals surface area contributed by atoms with Crippen molar-refractivity contribution >= 4 is 22.7 Å². The second kappa shape index (κ2) is 8.10. The van der Waals surface area contributed by atoms with E-state index in [1.54, 1.807) is 18.5 Å².